The van der Waals surface area contributed by atoms with E-state index in [0.717, 1.165) is 4.88 Å². The topological polar surface area (TPSA) is 60.5 Å². The number of carbonyl (C=O) groups is 1. The maximum atomic E-state index is 11.6. The average Bonchev–Trinajstić information content (AvgIpc) is 2.82. The summed E-state index contributed by atoms with van der Waals surface area (Å²) in [5, 5.41) is 3.25. The first-order chi connectivity index (χ1) is 9.17. The van der Waals surface area contributed by atoms with Crippen molar-refractivity contribution in [3.63, 3.8) is 0 Å². The van der Waals surface area contributed by atoms with Gasteiger partial charge in [-0.05, 0) is 19.1 Å². The summed E-state index contributed by atoms with van der Waals surface area (Å²) < 4.78 is 10.4. The lowest BCUT2D eigenvalue weighted by Gasteiger charge is -2.07. The Balaban J connectivity index is 1.86. The molecule has 0 spiro atoms. The summed E-state index contributed by atoms with van der Waals surface area (Å²) in [6.07, 6.45) is 1.71. The van der Waals surface area contributed by atoms with Gasteiger partial charge < -0.3 is 9.47 Å². The number of nitrogens with one attached hydrogen (secondary N) is 1. The van der Waals surface area contributed by atoms with Gasteiger partial charge in [0.2, 0.25) is 0 Å². The monoisotopic (exact) mass is 278 g/mol. The third-order valence-electron chi connectivity index (χ3n) is 2.28. The first-order valence-electron chi connectivity index (χ1n) is 5.66. The van der Waals surface area contributed by atoms with Gasteiger partial charge in [0, 0.05) is 17.1 Å². The van der Waals surface area contributed by atoms with Crippen LogP contribution in [0.15, 0.2) is 30.5 Å². The van der Waals surface area contributed by atoms with Crippen LogP contribution in [0.1, 0.15) is 4.88 Å². The molecule has 19 heavy (non-hydrogen) atoms. The van der Waals surface area contributed by atoms with Gasteiger partial charge >= 0.3 is 0 Å². The molecule has 0 radical (unpaired) electrons. The second kappa shape index (κ2) is 6.19. The van der Waals surface area contributed by atoms with Crippen LogP contribution in [0.3, 0.4) is 0 Å². The second-order valence-electron chi connectivity index (χ2n) is 3.79. The number of anilines is 1. The Morgan fingerprint density at radius 2 is 2.21 bits per heavy atom. The fourth-order valence-corrected chi connectivity index (χ4v) is 2.09. The molecule has 0 fully saturated rings. The maximum Gasteiger partial charge on any atom is 0.264 e. The molecule has 0 aliphatic rings. The van der Waals surface area contributed by atoms with E-state index in [-0.39, 0.29) is 12.5 Å². The summed E-state index contributed by atoms with van der Waals surface area (Å²) in [7, 11) is 1.58. The summed E-state index contributed by atoms with van der Waals surface area (Å²) >= 11 is 1.43. The summed E-state index contributed by atoms with van der Waals surface area (Å²) in [6.45, 7) is 1.87. The molecule has 0 atom stereocenters. The van der Waals surface area contributed by atoms with Gasteiger partial charge in [0.25, 0.3) is 5.91 Å². The molecule has 0 unspecified atom stereocenters. The van der Waals surface area contributed by atoms with Crippen LogP contribution in [-0.4, -0.2) is 24.6 Å². The second-order valence-corrected chi connectivity index (χ2v) is 5.03. The predicted molar refractivity (Wildman–Crippen MR) is 74.0 cm³/mol. The van der Waals surface area contributed by atoms with Crippen molar-refractivity contribution in [1.82, 2.24) is 4.98 Å². The molecule has 100 valence electrons. The normalized spacial score (nSPS) is 10.0. The van der Waals surface area contributed by atoms with E-state index in [1.807, 2.05) is 13.0 Å². The summed E-state index contributed by atoms with van der Waals surface area (Å²) in [5.74, 6) is 1.04. The van der Waals surface area contributed by atoms with E-state index in [1.165, 1.54) is 11.3 Å². The first kappa shape index (κ1) is 13.4. The SMILES string of the molecule is COc1cccc(OCC(=O)Nc2ncc(C)s2)c1. The van der Waals surface area contributed by atoms with E-state index in [1.54, 1.807) is 31.5 Å². The number of aromatic nitrogens is 1. The Hall–Kier alpha value is -2.08. The molecule has 2 rings (SSSR count). The van der Waals surface area contributed by atoms with E-state index in [4.69, 9.17) is 9.47 Å². The average molecular weight is 278 g/mol. The number of thiazole rings is 1. The first-order valence-corrected chi connectivity index (χ1v) is 6.48. The molecular formula is C13H14N2O3S. The van der Waals surface area contributed by atoms with Gasteiger partial charge in [-0.3, -0.25) is 10.1 Å². The number of hydrogen-bond acceptors (Lipinski definition) is 5. The van der Waals surface area contributed by atoms with Gasteiger partial charge in [-0.2, -0.15) is 0 Å². The molecule has 5 nitrogen and oxygen atoms in total. The molecule has 0 aliphatic heterocycles. The molecule has 1 amide bonds. The number of aryl methyl sites for hydroxylation is 1. The highest BCUT2D eigenvalue weighted by Crippen LogP contribution is 2.19. The van der Waals surface area contributed by atoms with Crippen LogP contribution < -0.4 is 14.8 Å². The largest absolute Gasteiger partial charge is 0.497 e. The molecule has 1 aromatic carbocycles. The van der Waals surface area contributed by atoms with Gasteiger partial charge in [-0.15, -0.1) is 11.3 Å². The molecule has 1 N–H and O–H groups in total. The number of rotatable bonds is 5. The van der Waals surface area contributed by atoms with E-state index < -0.39 is 0 Å². The van der Waals surface area contributed by atoms with Crippen molar-refractivity contribution in [2.45, 2.75) is 6.92 Å². The number of benzene rings is 1. The minimum absolute atomic E-state index is 0.0637. The molecule has 2 aromatic rings. The summed E-state index contributed by atoms with van der Waals surface area (Å²) in [4.78, 5) is 16.7. The smallest absolute Gasteiger partial charge is 0.264 e. The maximum absolute atomic E-state index is 11.6. The zero-order valence-electron chi connectivity index (χ0n) is 10.7. The lowest BCUT2D eigenvalue weighted by Crippen LogP contribution is -2.19. The molecule has 6 heteroatoms. The van der Waals surface area contributed by atoms with Gasteiger partial charge in [0.05, 0.1) is 7.11 Å². The Morgan fingerprint density at radius 3 is 2.89 bits per heavy atom. The van der Waals surface area contributed by atoms with Crippen molar-refractivity contribution in [1.29, 1.82) is 0 Å². The van der Waals surface area contributed by atoms with Gasteiger partial charge in [-0.1, -0.05) is 6.07 Å². The Bertz CT molecular complexity index is 569. The lowest BCUT2D eigenvalue weighted by atomic mass is 10.3. The van der Waals surface area contributed by atoms with E-state index in [0.29, 0.717) is 16.6 Å². The van der Waals surface area contributed by atoms with E-state index in [9.17, 15) is 4.79 Å². The quantitative estimate of drug-likeness (QED) is 0.912. The number of hydrogen-bond donors (Lipinski definition) is 1. The van der Waals surface area contributed by atoms with Crippen molar-refractivity contribution in [2.75, 3.05) is 19.0 Å². The lowest BCUT2D eigenvalue weighted by molar-refractivity contribution is -0.118. The standard InChI is InChI=1S/C13H14N2O3S/c1-9-7-14-13(19-9)15-12(16)8-18-11-5-3-4-10(6-11)17-2/h3-7H,8H2,1-2H3,(H,14,15,16). The molecular weight excluding hydrogens is 264 g/mol. The molecule has 0 bridgehead atoms. The molecule has 0 saturated carbocycles. The zero-order chi connectivity index (χ0) is 13.7. The highest BCUT2D eigenvalue weighted by molar-refractivity contribution is 7.15. The van der Waals surface area contributed by atoms with Crippen molar-refractivity contribution in [3.05, 3.63) is 35.3 Å². The zero-order valence-corrected chi connectivity index (χ0v) is 11.5. The fourth-order valence-electron chi connectivity index (χ4n) is 1.41. The van der Waals surface area contributed by atoms with E-state index in [2.05, 4.69) is 10.3 Å². The van der Waals surface area contributed by atoms with Crippen LogP contribution in [-0.2, 0) is 4.79 Å². The molecule has 0 aliphatic carbocycles. The highest BCUT2D eigenvalue weighted by Gasteiger charge is 2.06. The van der Waals surface area contributed by atoms with Crippen LogP contribution in [0.5, 0.6) is 11.5 Å². The van der Waals surface area contributed by atoms with Crippen LogP contribution in [0.2, 0.25) is 0 Å². The summed E-state index contributed by atoms with van der Waals surface area (Å²) in [5.41, 5.74) is 0. The van der Waals surface area contributed by atoms with Crippen molar-refractivity contribution >= 4 is 22.4 Å². The Kier molecular flexibility index (Phi) is 4.35. The Labute approximate surface area is 115 Å². The molecule has 1 heterocycles. The number of amides is 1. The van der Waals surface area contributed by atoms with E-state index >= 15 is 0 Å². The Morgan fingerprint density at radius 1 is 1.42 bits per heavy atom. The number of methoxy groups -OCH3 is 1. The van der Waals surface area contributed by atoms with Crippen molar-refractivity contribution in [3.8, 4) is 11.5 Å². The van der Waals surface area contributed by atoms with Crippen molar-refractivity contribution < 1.29 is 14.3 Å². The van der Waals surface area contributed by atoms with Crippen molar-refractivity contribution in [2.24, 2.45) is 0 Å². The third kappa shape index (κ3) is 3.96. The molecule has 1 aromatic heterocycles. The van der Waals surface area contributed by atoms with Gasteiger partial charge in [-0.25, -0.2) is 4.98 Å². The van der Waals surface area contributed by atoms with Gasteiger partial charge in [0.1, 0.15) is 11.5 Å². The predicted octanol–water partition coefficient (Wildman–Crippen LogP) is 2.48. The number of ether oxygens (including phenoxy) is 2. The highest BCUT2D eigenvalue weighted by atomic mass is 32.1. The minimum Gasteiger partial charge on any atom is -0.497 e. The van der Waals surface area contributed by atoms with Crippen LogP contribution in [0, 0.1) is 6.92 Å². The molecule has 0 saturated heterocycles. The van der Waals surface area contributed by atoms with Crippen LogP contribution in [0.25, 0.3) is 0 Å². The fraction of sp³-hybridized carbons (Fsp3) is 0.231. The summed E-state index contributed by atoms with van der Waals surface area (Å²) in [6, 6.07) is 7.10. The third-order valence-corrected chi connectivity index (χ3v) is 3.11. The van der Waals surface area contributed by atoms with Crippen LogP contribution in [0.4, 0.5) is 5.13 Å². The minimum atomic E-state index is -0.239. The number of carbonyl (C=O) groups excluding carboxylic acids is 1. The number of nitrogens with zero attached hydrogens (tertiary/aromatic N) is 1. The van der Waals surface area contributed by atoms with Gasteiger partial charge in [0.15, 0.2) is 11.7 Å². The van der Waals surface area contributed by atoms with Crippen LogP contribution >= 0.6 is 11.3 Å².